The van der Waals surface area contributed by atoms with Gasteiger partial charge in [0.05, 0.1) is 5.76 Å². The maximum absolute atomic E-state index is 10.3. The van der Waals surface area contributed by atoms with Crippen LogP contribution in [-0.4, -0.2) is 10.2 Å². The van der Waals surface area contributed by atoms with Crippen molar-refractivity contribution >= 4 is 0 Å². The Bertz CT molecular complexity index is 595. The molecule has 2 nitrogen and oxygen atoms in total. The molecule has 2 heteroatoms. The van der Waals surface area contributed by atoms with Gasteiger partial charge in [-0.2, -0.15) is 0 Å². The fourth-order valence-corrected chi connectivity index (χ4v) is 3.83. The zero-order chi connectivity index (χ0) is 13.6. The Morgan fingerprint density at radius 2 is 1.95 bits per heavy atom. The molecule has 2 aliphatic rings. The van der Waals surface area contributed by atoms with Gasteiger partial charge in [0.15, 0.2) is 0 Å². The van der Waals surface area contributed by atoms with Crippen LogP contribution in [0.4, 0.5) is 0 Å². The predicted octanol–water partition coefficient (Wildman–Crippen LogP) is 4.15. The summed E-state index contributed by atoms with van der Waals surface area (Å²) in [6.45, 7) is 4.21. The Morgan fingerprint density at radius 3 is 2.68 bits per heavy atom. The number of aliphatic hydroxyl groups excluding tert-OH is 1. The molecule has 0 saturated heterocycles. The maximum Gasteiger partial charge on any atom is 0.119 e. The zero-order valence-corrected chi connectivity index (χ0v) is 11.5. The second kappa shape index (κ2) is 4.16. The number of phenols is 1. The van der Waals surface area contributed by atoms with E-state index in [-0.39, 0.29) is 5.41 Å². The fraction of sp³-hybridized carbons (Fsp3) is 0.412. The van der Waals surface area contributed by atoms with E-state index in [0.717, 1.165) is 36.0 Å². The van der Waals surface area contributed by atoms with Crippen molar-refractivity contribution in [1.82, 2.24) is 0 Å². The van der Waals surface area contributed by atoms with Gasteiger partial charge in [-0.25, -0.2) is 0 Å². The summed E-state index contributed by atoms with van der Waals surface area (Å²) < 4.78 is 0. The van der Waals surface area contributed by atoms with Crippen molar-refractivity contribution in [1.29, 1.82) is 0 Å². The van der Waals surface area contributed by atoms with Crippen molar-refractivity contribution in [3.8, 4) is 5.75 Å². The van der Waals surface area contributed by atoms with Gasteiger partial charge in [-0.15, -0.1) is 0 Å². The smallest absolute Gasteiger partial charge is 0.119 e. The summed E-state index contributed by atoms with van der Waals surface area (Å²) in [5.41, 5.74) is 4.14. The quantitative estimate of drug-likeness (QED) is 0.792. The van der Waals surface area contributed by atoms with Gasteiger partial charge in [-0.3, -0.25) is 0 Å². The van der Waals surface area contributed by atoms with E-state index in [1.165, 1.54) is 5.56 Å². The molecule has 1 aromatic carbocycles. The largest absolute Gasteiger partial charge is 0.512 e. The highest BCUT2D eigenvalue weighted by atomic mass is 16.3. The molecule has 0 aromatic heterocycles. The Labute approximate surface area is 114 Å². The molecular weight excluding hydrogens is 236 g/mol. The van der Waals surface area contributed by atoms with E-state index in [1.807, 2.05) is 6.07 Å². The Kier molecular flexibility index (Phi) is 2.70. The number of phenolic OH excluding ortho intramolecular Hbond substituents is 1. The Morgan fingerprint density at radius 1 is 1.16 bits per heavy atom. The molecular formula is C17H20O2. The van der Waals surface area contributed by atoms with Crippen LogP contribution < -0.4 is 0 Å². The molecule has 100 valence electrons. The zero-order valence-electron chi connectivity index (χ0n) is 11.5. The summed E-state index contributed by atoms with van der Waals surface area (Å²) in [5.74, 6) is 0.856. The van der Waals surface area contributed by atoms with Gasteiger partial charge >= 0.3 is 0 Å². The SMILES string of the molecule is CC1=CCCC(O)=C1[C@]1(C)CCc2cccc(O)c21. The maximum atomic E-state index is 10.3. The molecule has 3 rings (SSSR count). The minimum absolute atomic E-state index is 0.258. The van der Waals surface area contributed by atoms with Crippen LogP contribution in [-0.2, 0) is 11.8 Å². The fourth-order valence-electron chi connectivity index (χ4n) is 3.83. The molecule has 0 bridgehead atoms. The van der Waals surface area contributed by atoms with E-state index >= 15 is 0 Å². The van der Waals surface area contributed by atoms with Crippen molar-refractivity contribution in [3.05, 3.63) is 52.3 Å². The standard InChI is InChI=1S/C17H20O2/c1-11-5-3-7-13(18)15(11)17(2)10-9-12-6-4-8-14(19)16(12)17/h4-6,8,18-19H,3,7,9-10H2,1-2H3/t17-/m0/s1. The lowest BCUT2D eigenvalue weighted by Crippen LogP contribution is -2.25. The highest BCUT2D eigenvalue weighted by Gasteiger charge is 2.42. The van der Waals surface area contributed by atoms with E-state index in [1.54, 1.807) is 6.07 Å². The molecule has 0 saturated carbocycles. The first kappa shape index (κ1) is 12.3. The van der Waals surface area contributed by atoms with Crippen LogP contribution in [0.2, 0.25) is 0 Å². The van der Waals surface area contributed by atoms with Crippen molar-refractivity contribution in [2.45, 2.75) is 44.9 Å². The van der Waals surface area contributed by atoms with E-state index in [0.29, 0.717) is 17.9 Å². The average molecular weight is 256 g/mol. The second-order valence-corrected chi connectivity index (χ2v) is 5.89. The first-order valence-corrected chi connectivity index (χ1v) is 6.95. The number of benzene rings is 1. The molecule has 0 amide bonds. The minimum atomic E-state index is -0.258. The summed E-state index contributed by atoms with van der Waals surface area (Å²) in [6.07, 6.45) is 5.73. The van der Waals surface area contributed by atoms with Crippen LogP contribution in [0.3, 0.4) is 0 Å². The monoisotopic (exact) mass is 256 g/mol. The van der Waals surface area contributed by atoms with E-state index in [2.05, 4.69) is 26.0 Å². The number of allylic oxidation sites excluding steroid dienone is 4. The van der Waals surface area contributed by atoms with Crippen LogP contribution in [0.25, 0.3) is 0 Å². The van der Waals surface area contributed by atoms with Crippen molar-refractivity contribution in [3.63, 3.8) is 0 Å². The van der Waals surface area contributed by atoms with E-state index < -0.39 is 0 Å². The molecule has 1 atom stereocenters. The highest BCUT2D eigenvalue weighted by Crippen LogP contribution is 2.51. The summed E-state index contributed by atoms with van der Waals surface area (Å²) in [4.78, 5) is 0. The molecule has 0 radical (unpaired) electrons. The van der Waals surface area contributed by atoms with E-state index in [9.17, 15) is 10.2 Å². The van der Waals surface area contributed by atoms with Gasteiger partial charge in [0.25, 0.3) is 0 Å². The van der Waals surface area contributed by atoms with Crippen LogP contribution >= 0.6 is 0 Å². The number of rotatable bonds is 1. The van der Waals surface area contributed by atoms with Gasteiger partial charge in [0.2, 0.25) is 0 Å². The number of fused-ring (bicyclic) bond motifs is 1. The van der Waals surface area contributed by atoms with Gasteiger partial charge in [-0.1, -0.05) is 25.1 Å². The predicted molar refractivity (Wildman–Crippen MR) is 76.4 cm³/mol. The third-order valence-corrected chi connectivity index (χ3v) is 4.64. The van der Waals surface area contributed by atoms with Gasteiger partial charge in [0, 0.05) is 23.0 Å². The number of aryl methyl sites for hydroxylation is 1. The number of aromatic hydroxyl groups is 1. The van der Waals surface area contributed by atoms with Crippen LogP contribution in [0.15, 0.2) is 41.2 Å². The van der Waals surface area contributed by atoms with Crippen molar-refractivity contribution < 1.29 is 10.2 Å². The topological polar surface area (TPSA) is 40.5 Å². The Hall–Kier alpha value is -1.70. The summed E-state index contributed by atoms with van der Waals surface area (Å²) in [6, 6.07) is 5.74. The number of hydrogen-bond acceptors (Lipinski definition) is 2. The molecule has 0 spiro atoms. The van der Waals surface area contributed by atoms with Gasteiger partial charge in [0.1, 0.15) is 5.75 Å². The molecule has 19 heavy (non-hydrogen) atoms. The highest BCUT2D eigenvalue weighted by molar-refractivity contribution is 5.57. The van der Waals surface area contributed by atoms with Crippen molar-refractivity contribution in [2.24, 2.45) is 0 Å². The lowest BCUT2D eigenvalue weighted by Gasteiger charge is -2.33. The van der Waals surface area contributed by atoms with Crippen LogP contribution in [0, 0.1) is 0 Å². The second-order valence-electron chi connectivity index (χ2n) is 5.89. The third-order valence-electron chi connectivity index (χ3n) is 4.64. The number of hydrogen-bond donors (Lipinski definition) is 2. The number of aliphatic hydroxyl groups is 1. The normalized spacial score (nSPS) is 26.3. The van der Waals surface area contributed by atoms with E-state index in [4.69, 9.17) is 0 Å². The van der Waals surface area contributed by atoms with Gasteiger partial charge in [-0.05, 0) is 43.4 Å². The summed E-state index contributed by atoms with van der Waals surface area (Å²) >= 11 is 0. The Balaban J connectivity index is 2.20. The molecule has 0 unspecified atom stereocenters. The molecule has 0 aliphatic heterocycles. The molecule has 0 fully saturated rings. The molecule has 1 aromatic rings. The summed E-state index contributed by atoms with van der Waals surface area (Å²) in [5, 5.41) is 20.6. The van der Waals surface area contributed by atoms with Gasteiger partial charge < -0.3 is 10.2 Å². The van der Waals surface area contributed by atoms with Crippen molar-refractivity contribution in [2.75, 3.05) is 0 Å². The summed E-state index contributed by atoms with van der Waals surface area (Å²) in [7, 11) is 0. The van der Waals surface area contributed by atoms with Crippen LogP contribution in [0.5, 0.6) is 5.75 Å². The lowest BCUT2D eigenvalue weighted by molar-refractivity contribution is 0.359. The third kappa shape index (κ3) is 1.70. The molecule has 0 heterocycles. The first-order valence-electron chi connectivity index (χ1n) is 6.95. The van der Waals surface area contributed by atoms with Crippen LogP contribution in [0.1, 0.15) is 44.2 Å². The average Bonchev–Trinajstić information content (AvgIpc) is 2.69. The molecule has 2 aliphatic carbocycles. The lowest BCUT2D eigenvalue weighted by atomic mass is 9.71. The minimum Gasteiger partial charge on any atom is -0.512 e. The molecule has 2 N–H and O–H groups in total. The first-order chi connectivity index (χ1) is 9.04.